The van der Waals surface area contributed by atoms with Crippen LogP contribution < -0.4 is 11.1 Å². The SMILES string of the molecule is CCOCCCN=C(N)NCCN1CCN(C(C)=O)CC1.I. The van der Waals surface area contributed by atoms with Gasteiger partial charge in [0.1, 0.15) is 0 Å². The number of halogens is 1. The highest BCUT2D eigenvalue weighted by Gasteiger charge is 2.17. The van der Waals surface area contributed by atoms with Crippen molar-refractivity contribution in [3.05, 3.63) is 0 Å². The molecule has 0 aliphatic carbocycles. The number of nitrogens with zero attached hydrogens (tertiary/aromatic N) is 3. The van der Waals surface area contributed by atoms with Gasteiger partial charge < -0.3 is 20.7 Å². The third kappa shape index (κ3) is 9.42. The maximum Gasteiger partial charge on any atom is 0.219 e. The second kappa shape index (κ2) is 12.9. The molecule has 3 N–H and O–H groups in total. The molecule has 7 nitrogen and oxygen atoms in total. The fraction of sp³-hybridized carbons (Fsp3) is 0.857. The van der Waals surface area contributed by atoms with Gasteiger partial charge in [-0.15, -0.1) is 24.0 Å². The first-order valence-electron chi connectivity index (χ1n) is 7.73. The summed E-state index contributed by atoms with van der Waals surface area (Å²) in [5.41, 5.74) is 5.79. The Morgan fingerprint density at radius 2 is 2.00 bits per heavy atom. The van der Waals surface area contributed by atoms with Gasteiger partial charge in [0.05, 0.1) is 0 Å². The molecule has 1 aliphatic heterocycles. The molecule has 1 rings (SSSR count). The van der Waals surface area contributed by atoms with E-state index < -0.39 is 0 Å². The van der Waals surface area contributed by atoms with E-state index in [0.29, 0.717) is 12.5 Å². The van der Waals surface area contributed by atoms with Crippen LogP contribution in [0.25, 0.3) is 0 Å². The van der Waals surface area contributed by atoms with Gasteiger partial charge in [-0.1, -0.05) is 0 Å². The highest BCUT2D eigenvalue weighted by atomic mass is 127. The van der Waals surface area contributed by atoms with Crippen LogP contribution in [0.3, 0.4) is 0 Å². The highest BCUT2D eigenvalue weighted by Crippen LogP contribution is 2.00. The first kappa shape index (κ1) is 21.4. The molecule has 0 radical (unpaired) electrons. The summed E-state index contributed by atoms with van der Waals surface area (Å²) >= 11 is 0. The number of rotatable bonds is 8. The smallest absolute Gasteiger partial charge is 0.219 e. The molecule has 130 valence electrons. The van der Waals surface area contributed by atoms with E-state index in [-0.39, 0.29) is 29.9 Å². The van der Waals surface area contributed by atoms with Crippen molar-refractivity contribution < 1.29 is 9.53 Å². The lowest BCUT2D eigenvalue weighted by Gasteiger charge is -2.34. The monoisotopic (exact) mass is 427 g/mol. The number of ether oxygens (including phenoxy) is 1. The molecule has 22 heavy (non-hydrogen) atoms. The van der Waals surface area contributed by atoms with Gasteiger partial charge in [0, 0.05) is 66.0 Å². The quantitative estimate of drug-likeness (QED) is 0.249. The fourth-order valence-electron chi connectivity index (χ4n) is 2.19. The molecule has 1 saturated heterocycles. The lowest BCUT2D eigenvalue weighted by molar-refractivity contribution is -0.130. The van der Waals surface area contributed by atoms with Crippen molar-refractivity contribution >= 4 is 35.8 Å². The van der Waals surface area contributed by atoms with Crippen LogP contribution in [-0.2, 0) is 9.53 Å². The number of hydrogen-bond donors (Lipinski definition) is 2. The summed E-state index contributed by atoms with van der Waals surface area (Å²) in [4.78, 5) is 19.7. The molecule has 0 bridgehead atoms. The van der Waals surface area contributed by atoms with Crippen molar-refractivity contribution in [3.63, 3.8) is 0 Å². The molecule has 0 aromatic heterocycles. The number of nitrogens with one attached hydrogen (secondary N) is 1. The molecule has 1 heterocycles. The van der Waals surface area contributed by atoms with Crippen LogP contribution in [0.15, 0.2) is 4.99 Å². The van der Waals surface area contributed by atoms with Crippen LogP contribution in [0.1, 0.15) is 20.3 Å². The van der Waals surface area contributed by atoms with Crippen molar-refractivity contribution in [1.29, 1.82) is 0 Å². The van der Waals surface area contributed by atoms with E-state index in [1.165, 1.54) is 0 Å². The van der Waals surface area contributed by atoms with Crippen molar-refractivity contribution in [2.45, 2.75) is 20.3 Å². The van der Waals surface area contributed by atoms with Gasteiger partial charge in [-0.2, -0.15) is 0 Å². The van der Waals surface area contributed by atoms with Crippen LogP contribution in [-0.4, -0.2) is 80.7 Å². The fourth-order valence-corrected chi connectivity index (χ4v) is 2.19. The predicted molar refractivity (Wildman–Crippen MR) is 99.7 cm³/mol. The molecule has 0 aromatic carbocycles. The summed E-state index contributed by atoms with van der Waals surface area (Å²) in [6.07, 6.45) is 0.892. The number of aliphatic imine (C=N–C) groups is 1. The number of guanidine groups is 1. The third-order valence-corrected chi connectivity index (χ3v) is 3.48. The summed E-state index contributed by atoms with van der Waals surface area (Å²) in [6, 6.07) is 0. The number of carbonyl (C=O) groups is 1. The molecule has 1 fully saturated rings. The number of amides is 1. The molecule has 0 spiro atoms. The molecule has 0 aromatic rings. The zero-order valence-electron chi connectivity index (χ0n) is 13.7. The maximum atomic E-state index is 11.2. The number of hydrogen-bond acceptors (Lipinski definition) is 4. The van der Waals surface area contributed by atoms with Crippen LogP contribution in [0.5, 0.6) is 0 Å². The minimum atomic E-state index is 0. The first-order chi connectivity index (χ1) is 10.1. The minimum Gasteiger partial charge on any atom is -0.382 e. The van der Waals surface area contributed by atoms with Gasteiger partial charge in [-0.05, 0) is 13.3 Å². The van der Waals surface area contributed by atoms with Crippen LogP contribution in [0.2, 0.25) is 0 Å². The van der Waals surface area contributed by atoms with Crippen molar-refractivity contribution in [2.24, 2.45) is 10.7 Å². The van der Waals surface area contributed by atoms with E-state index in [0.717, 1.165) is 58.9 Å². The standard InChI is InChI=1S/C14H29N5O2.HI/c1-3-21-12-4-5-16-14(15)17-6-7-18-8-10-19(11-9-18)13(2)20;/h3-12H2,1-2H3,(H3,15,16,17);1H. The zero-order valence-corrected chi connectivity index (χ0v) is 16.0. The Morgan fingerprint density at radius 1 is 1.32 bits per heavy atom. The first-order valence-corrected chi connectivity index (χ1v) is 7.73. The van der Waals surface area contributed by atoms with Crippen molar-refractivity contribution in [2.75, 3.05) is 59.0 Å². The van der Waals surface area contributed by atoms with E-state index in [1.54, 1.807) is 6.92 Å². The third-order valence-electron chi connectivity index (χ3n) is 3.48. The van der Waals surface area contributed by atoms with Gasteiger partial charge in [0.2, 0.25) is 5.91 Å². The molecule has 0 saturated carbocycles. The van der Waals surface area contributed by atoms with E-state index >= 15 is 0 Å². The molecular weight excluding hydrogens is 397 g/mol. The molecule has 1 amide bonds. The summed E-state index contributed by atoms with van der Waals surface area (Å²) in [6.45, 7) is 10.9. The molecule has 8 heteroatoms. The highest BCUT2D eigenvalue weighted by molar-refractivity contribution is 14.0. The lowest BCUT2D eigenvalue weighted by Crippen LogP contribution is -2.50. The Kier molecular flexibility index (Phi) is 12.5. The molecular formula is C14H30IN5O2. The van der Waals surface area contributed by atoms with E-state index in [1.807, 2.05) is 11.8 Å². The average molecular weight is 427 g/mol. The lowest BCUT2D eigenvalue weighted by atomic mass is 10.3. The summed E-state index contributed by atoms with van der Waals surface area (Å²) in [5.74, 6) is 0.657. The zero-order chi connectivity index (χ0) is 15.5. The van der Waals surface area contributed by atoms with Crippen LogP contribution in [0.4, 0.5) is 0 Å². The van der Waals surface area contributed by atoms with Crippen LogP contribution >= 0.6 is 24.0 Å². The Morgan fingerprint density at radius 3 is 2.59 bits per heavy atom. The molecule has 0 atom stereocenters. The minimum absolute atomic E-state index is 0. The number of piperazine rings is 1. The summed E-state index contributed by atoms with van der Waals surface area (Å²) in [7, 11) is 0. The Bertz CT molecular complexity index is 333. The normalized spacial score (nSPS) is 16.3. The topological polar surface area (TPSA) is 83.2 Å². The van der Waals surface area contributed by atoms with E-state index in [9.17, 15) is 4.79 Å². The Labute approximate surface area is 150 Å². The van der Waals surface area contributed by atoms with Gasteiger partial charge >= 0.3 is 0 Å². The maximum absolute atomic E-state index is 11.2. The van der Waals surface area contributed by atoms with Crippen molar-refractivity contribution in [3.8, 4) is 0 Å². The molecule has 0 unspecified atom stereocenters. The van der Waals surface area contributed by atoms with E-state index in [2.05, 4.69) is 15.2 Å². The largest absolute Gasteiger partial charge is 0.382 e. The number of carbonyl (C=O) groups excluding carboxylic acids is 1. The van der Waals surface area contributed by atoms with Gasteiger partial charge in [0.15, 0.2) is 5.96 Å². The van der Waals surface area contributed by atoms with Gasteiger partial charge in [0.25, 0.3) is 0 Å². The van der Waals surface area contributed by atoms with Crippen molar-refractivity contribution in [1.82, 2.24) is 15.1 Å². The Hall–Kier alpha value is -0.610. The van der Waals surface area contributed by atoms with Gasteiger partial charge in [-0.3, -0.25) is 14.7 Å². The summed E-state index contributed by atoms with van der Waals surface area (Å²) in [5, 5.41) is 3.12. The Balaban J connectivity index is 0.00000441. The van der Waals surface area contributed by atoms with Gasteiger partial charge in [-0.25, -0.2) is 0 Å². The second-order valence-electron chi connectivity index (χ2n) is 5.09. The predicted octanol–water partition coefficient (Wildman–Crippen LogP) is 0.0994. The number of nitrogens with two attached hydrogens (primary N) is 1. The summed E-state index contributed by atoms with van der Waals surface area (Å²) < 4.78 is 5.24. The average Bonchev–Trinajstić information content (AvgIpc) is 2.47. The molecule has 1 aliphatic rings. The van der Waals surface area contributed by atoms with Crippen LogP contribution in [0, 0.1) is 0 Å². The van der Waals surface area contributed by atoms with E-state index in [4.69, 9.17) is 10.5 Å². The second-order valence-corrected chi connectivity index (χ2v) is 5.09.